The van der Waals surface area contributed by atoms with Crippen LogP contribution in [0.15, 0.2) is 60.8 Å². The van der Waals surface area contributed by atoms with Gasteiger partial charge in [0.2, 0.25) is 5.62 Å². The molecule has 0 aliphatic carbocycles. The van der Waals surface area contributed by atoms with Crippen LogP contribution in [0, 0.1) is 5.41 Å². The number of halogens is 1. The van der Waals surface area contributed by atoms with Crippen LogP contribution < -0.4 is 25.4 Å². The van der Waals surface area contributed by atoms with Gasteiger partial charge in [0.05, 0.1) is 36.1 Å². The minimum atomic E-state index is 0.171. The number of ether oxygens (including phenoxy) is 2. The van der Waals surface area contributed by atoms with Crippen LogP contribution in [0.2, 0.25) is 5.02 Å². The third-order valence-corrected chi connectivity index (χ3v) is 7.54. The smallest absolute Gasteiger partial charge is 0.245 e. The quantitative estimate of drug-likeness (QED) is 0.332. The molecule has 0 atom stereocenters. The van der Waals surface area contributed by atoms with Crippen molar-refractivity contribution >= 4 is 39.5 Å². The van der Waals surface area contributed by atoms with E-state index in [1.807, 2.05) is 36.4 Å². The monoisotopic (exact) mass is 544 g/mol. The molecule has 200 valence electrons. The molecule has 1 aliphatic rings. The lowest BCUT2D eigenvalue weighted by molar-refractivity contribution is 0.313. The maximum atomic E-state index is 8.92. The average Bonchev–Trinajstić information content (AvgIpc) is 3.29. The van der Waals surface area contributed by atoms with Gasteiger partial charge < -0.3 is 19.3 Å². The molecule has 5 aromatic rings. The highest BCUT2D eigenvalue weighted by Crippen LogP contribution is 2.40. The molecule has 1 aliphatic heterocycles. The van der Waals surface area contributed by atoms with Crippen molar-refractivity contribution in [2.75, 3.05) is 57.8 Å². The fourth-order valence-electron chi connectivity index (χ4n) is 4.96. The van der Waals surface area contributed by atoms with Gasteiger partial charge in [0.25, 0.3) is 0 Å². The Bertz CT molecular complexity index is 1720. The van der Waals surface area contributed by atoms with Crippen molar-refractivity contribution in [3.63, 3.8) is 0 Å². The number of benzene rings is 2. The topological polar surface area (TPSA) is 95.9 Å². The molecule has 0 saturated carbocycles. The summed E-state index contributed by atoms with van der Waals surface area (Å²) < 4.78 is 12.7. The molecule has 1 fully saturated rings. The lowest BCUT2D eigenvalue weighted by atomic mass is 10.1. The molecule has 0 spiro atoms. The second-order valence-corrected chi connectivity index (χ2v) is 9.87. The van der Waals surface area contributed by atoms with Gasteiger partial charge in [0.1, 0.15) is 11.5 Å². The van der Waals surface area contributed by atoms with Crippen molar-refractivity contribution in [1.29, 1.82) is 5.41 Å². The summed E-state index contributed by atoms with van der Waals surface area (Å²) in [5.74, 6) is 1.10. The van der Waals surface area contributed by atoms with Crippen LogP contribution in [-0.4, -0.2) is 71.6 Å². The van der Waals surface area contributed by atoms with E-state index < -0.39 is 0 Å². The number of hydrogen-bond acceptors (Lipinski definition) is 8. The molecule has 6 rings (SSSR count). The van der Waals surface area contributed by atoms with Gasteiger partial charge in [-0.05, 0) is 55.6 Å². The second-order valence-electron chi connectivity index (χ2n) is 9.49. The molecule has 11 heteroatoms. The number of nitrogens with one attached hydrogen (secondary N) is 2. The number of anilines is 2. The van der Waals surface area contributed by atoms with Gasteiger partial charge in [-0.1, -0.05) is 11.6 Å². The molecule has 1 saturated heterocycles. The number of aromatic nitrogens is 4. The molecule has 0 radical (unpaired) electrons. The van der Waals surface area contributed by atoms with E-state index in [1.165, 1.54) is 10.5 Å². The highest BCUT2D eigenvalue weighted by atomic mass is 35.5. The number of hydrogen-bond donors (Lipinski definition) is 2. The summed E-state index contributed by atoms with van der Waals surface area (Å²) in [5.41, 5.74) is 8.19. The first-order valence-corrected chi connectivity index (χ1v) is 13.0. The van der Waals surface area contributed by atoms with E-state index in [2.05, 4.69) is 44.5 Å². The average molecular weight is 545 g/mol. The zero-order chi connectivity index (χ0) is 27.1. The van der Waals surface area contributed by atoms with Crippen LogP contribution in [-0.2, 0) is 0 Å². The number of rotatable bonds is 6. The van der Waals surface area contributed by atoms with E-state index in [1.54, 1.807) is 30.9 Å². The first kappa shape index (κ1) is 25.0. The summed E-state index contributed by atoms with van der Waals surface area (Å²) in [6.07, 6.45) is 1.70. The van der Waals surface area contributed by atoms with Crippen LogP contribution in [0.5, 0.6) is 11.5 Å². The van der Waals surface area contributed by atoms with Crippen LogP contribution in [0.1, 0.15) is 0 Å². The van der Waals surface area contributed by atoms with E-state index >= 15 is 0 Å². The van der Waals surface area contributed by atoms with Crippen LogP contribution in [0.3, 0.4) is 0 Å². The Kier molecular flexibility index (Phi) is 6.49. The summed E-state index contributed by atoms with van der Waals surface area (Å²) in [6.45, 7) is 4.14. The van der Waals surface area contributed by atoms with Crippen molar-refractivity contribution in [3.05, 3.63) is 71.4 Å². The predicted molar refractivity (Wildman–Crippen MR) is 153 cm³/mol. The van der Waals surface area contributed by atoms with E-state index in [0.29, 0.717) is 33.4 Å². The number of methoxy groups -OCH3 is 2. The van der Waals surface area contributed by atoms with Crippen LogP contribution in [0.4, 0.5) is 11.4 Å². The Balaban J connectivity index is 1.37. The van der Waals surface area contributed by atoms with E-state index in [0.717, 1.165) is 42.8 Å². The van der Waals surface area contributed by atoms with Crippen LogP contribution in [0.25, 0.3) is 27.8 Å². The zero-order valence-corrected chi connectivity index (χ0v) is 22.7. The molecule has 3 aromatic heterocycles. The SMILES string of the molecule is COc1cc(OC)c(Cl)c(-c2nccc3c2ccc2nn(Nc4ccc(N5CCN(C)CC5)cc4)c(=N)n23)c1. The van der Waals surface area contributed by atoms with Crippen molar-refractivity contribution in [3.8, 4) is 22.8 Å². The van der Waals surface area contributed by atoms with Gasteiger partial charge in [-0.2, -0.15) is 0 Å². The van der Waals surface area contributed by atoms with Gasteiger partial charge in [0.15, 0.2) is 5.65 Å². The minimum Gasteiger partial charge on any atom is -0.497 e. The molecule has 2 N–H and O–H groups in total. The Morgan fingerprint density at radius 1 is 0.949 bits per heavy atom. The first-order valence-electron chi connectivity index (χ1n) is 12.6. The minimum absolute atomic E-state index is 0.171. The zero-order valence-electron chi connectivity index (χ0n) is 22.0. The van der Waals surface area contributed by atoms with Gasteiger partial charge in [-0.15, -0.1) is 9.89 Å². The van der Waals surface area contributed by atoms with Gasteiger partial charge in [-0.3, -0.25) is 20.2 Å². The molecule has 0 unspecified atom stereocenters. The Morgan fingerprint density at radius 3 is 2.44 bits per heavy atom. The Morgan fingerprint density at radius 2 is 1.72 bits per heavy atom. The lowest BCUT2D eigenvalue weighted by Crippen LogP contribution is -2.44. The lowest BCUT2D eigenvalue weighted by Gasteiger charge is -2.34. The normalized spacial score (nSPS) is 14.2. The van der Waals surface area contributed by atoms with Crippen molar-refractivity contribution < 1.29 is 9.47 Å². The fraction of sp³-hybridized carbons (Fsp3) is 0.250. The summed E-state index contributed by atoms with van der Waals surface area (Å²) in [4.78, 5) is 10.8. The number of nitrogens with zero attached hydrogens (tertiary/aromatic N) is 6. The maximum absolute atomic E-state index is 8.92. The van der Waals surface area contributed by atoms with E-state index in [-0.39, 0.29) is 5.62 Å². The summed E-state index contributed by atoms with van der Waals surface area (Å²) >= 11 is 6.69. The number of piperazine rings is 1. The molecule has 4 heterocycles. The molecular weight excluding hydrogens is 516 g/mol. The van der Waals surface area contributed by atoms with E-state index in [4.69, 9.17) is 26.5 Å². The van der Waals surface area contributed by atoms with Crippen molar-refractivity contribution in [2.24, 2.45) is 0 Å². The molecule has 0 bridgehead atoms. The van der Waals surface area contributed by atoms with Crippen molar-refractivity contribution in [1.82, 2.24) is 24.2 Å². The van der Waals surface area contributed by atoms with Crippen LogP contribution >= 0.6 is 11.6 Å². The third-order valence-electron chi connectivity index (χ3n) is 7.15. The molecule has 0 amide bonds. The summed E-state index contributed by atoms with van der Waals surface area (Å²) in [7, 11) is 5.31. The Labute approximate surface area is 230 Å². The first-order chi connectivity index (χ1) is 19.0. The van der Waals surface area contributed by atoms with Gasteiger partial charge >= 0.3 is 0 Å². The Hall–Kier alpha value is -4.28. The largest absolute Gasteiger partial charge is 0.497 e. The molecule has 10 nitrogen and oxygen atoms in total. The second kappa shape index (κ2) is 10.1. The predicted octanol–water partition coefficient (Wildman–Crippen LogP) is 4.13. The highest BCUT2D eigenvalue weighted by molar-refractivity contribution is 6.35. The standard InChI is InChI=1S/C28H29ClN8O2/c1-34-12-14-35(15-13-34)19-6-4-18(5-7-19)32-37-28(30)36-23-10-11-31-27(21(23)8-9-25(36)33-37)22-16-20(38-2)17-24(39-3)26(22)29/h4-11,16-17,30,32H,12-15H2,1-3H3. The number of fused-ring (bicyclic) bond motifs is 3. The maximum Gasteiger partial charge on any atom is 0.245 e. The van der Waals surface area contributed by atoms with Gasteiger partial charge in [0, 0.05) is 55.1 Å². The van der Waals surface area contributed by atoms with Crippen molar-refractivity contribution in [2.45, 2.75) is 0 Å². The van der Waals surface area contributed by atoms with Gasteiger partial charge in [-0.25, -0.2) is 0 Å². The third kappa shape index (κ3) is 4.51. The molecule has 39 heavy (non-hydrogen) atoms. The fourth-order valence-corrected chi connectivity index (χ4v) is 5.24. The number of pyridine rings is 2. The van der Waals surface area contributed by atoms with E-state index in [9.17, 15) is 0 Å². The number of likely N-dealkylation sites (N-methyl/N-ethyl adjacent to an activating group) is 1. The highest BCUT2D eigenvalue weighted by Gasteiger charge is 2.18. The molecule has 2 aromatic carbocycles. The molecular formula is C28H29ClN8O2. The summed E-state index contributed by atoms with van der Waals surface area (Å²) in [5, 5.41) is 14.8. The summed E-state index contributed by atoms with van der Waals surface area (Å²) in [6, 6.07) is 17.5.